The van der Waals surface area contributed by atoms with Crippen molar-refractivity contribution in [1.82, 2.24) is 0 Å². The average Bonchev–Trinajstić information content (AvgIpc) is 2.55. The van der Waals surface area contributed by atoms with E-state index < -0.39 is 11.6 Å². The van der Waals surface area contributed by atoms with Crippen LogP contribution in [0.5, 0.6) is 0 Å². The minimum Gasteiger partial charge on any atom is -0.377 e. The highest BCUT2D eigenvalue weighted by Gasteiger charge is 2.10. The molecule has 0 radical (unpaired) electrons. The summed E-state index contributed by atoms with van der Waals surface area (Å²) in [6.45, 7) is 4.50. The van der Waals surface area contributed by atoms with Crippen LogP contribution in [0.3, 0.4) is 0 Å². The van der Waals surface area contributed by atoms with E-state index in [-0.39, 0.29) is 10.7 Å². The number of hydrogen-bond donors (Lipinski definition) is 1. The van der Waals surface area contributed by atoms with Crippen molar-refractivity contribution in [2.24, 2.45) is 0 Å². The van der Waals surface area contributed by atoms with Gasteiger partial charge in [0.05, 0.1) is 10.7 Å². The SMILES string of the molecule is Cc1cc(CNc2c(F)cc(F)cc2Cl)c(C)s1. The summed E-state index contributed by atoms with van der Waals surface area (Å²) in [5, 5.41) is 2.96. The Morgan fingerprint density at radius 2 is 1.94 bits per heavy atom. The van der Waals surface area contributed by atoms with Crippen molar-refractivity contribution in [2.75, 3.05) is 5.32 Å². The van der Waals surface area contributed by atoms with Crippen molar-refractivity contribution >= 4 is 28.6 Å². The van der Waals surface area contributed by atoms with Crippen LogP contribution in [0, 0.1) is 25.5 Å². The smallest absolute Gasteiger partial charge is 0.150 e. The van der Waals surface area contributed by atoms with E-state index in [1.165, 1.54) is 9.75 Å². The predicted molar refractivity (Wildman–Crippen MR) is 72.5 cm³/mol. The highest BCUT2D eigenvalue weighted by Crippen LogP contribution is 2.28. The molecule has 96 valence electrons. The summed E-state index contributed by atoms with van der Waals surface area (Å²) in [5.41, 5.74) is 1.23. The molecule has 0 saturated heterocycles. The molecular formula is C13H12ClF2NS. The van der Waals surface area contributed by atoms with Crippen molar-refractivity contribution in [1.29, 1.82) is 0 Å². The fourth-order valence-corrected chi connectivity index (χ4v) is 2.96. The lowest BCUT2D eigenvalue weighted by Crippen LogP contribution is -2.02. The van der Waals surface area contributed by atoms with E-state index in [1.807, 2.05) is 19.9 Å². The van der Waals surface area contributed by atoms with E-state index in [4.69, 9.17) is 11.6 Å². The maximum Gasteiger partial charge on any atom is 0.150 e. The summed E-state index contributed by atoms with van der Waals surface area (Å²) < 4.78 is 26.4. The van der Waals surface area contributed by atoms with Gasteiger partial charge in [0.1, 0.15) is 5.82 Å². The quantitative estimate of drug-likeness (QED) is 0.846. The summed E-state index contributed by atoms with van der Waals surface area (Å²) in [7, 11) is 0. The van der Waals surface area contributed by atoms with Gasteiger partial charge in [0.2, 0.25) is 0 Å². The molecule has 5 heteroatoms. The lowest BCUT2D eigenvalue weighted by atomic mass is 10.2. The van der Waals surface area contributed by atoms with Crippen molar-refractivity contribution < 1.29 is 8.78 Å². The van der Waals surface area contributed by atoms with Crippen LogP contribution in [0.1, 0.15) is 15.3 Å². The Hall–Kier alpha value is -1.13. The molecule has 0 aliphatic heterocycles. The largest absolute Gasteiger partial charge is 0.377 e. The van der Waals surface area contributed by atoms with Crippen LogP contribution in [0.2, 0.25) is 5.02 Å². The van der Waals surface area contributed by atoms with E-state index >= 15 is 0 Å². The number of benzene rings is 1. The summed E-state index contributed by atoms with van der Waals surface area (Å²) in [6.07, 6.45) is 0. The van der Waals surface area contributed by atoms with Gasteiger partial charge in [-0.3, -0.25) is 0 Å². The van der Waals surface area contributed by atoms with Gasteiger partial charge in [0.15, 0.2) is 5.82 Å². The minimum absolute atomic E-state index is 0.0529. The molecule has 0 saturated carbocycles. The first-order valence-electron chi connectivity index (χ1n) is 5.41. The van der Waals surface area contributed by atoms with Gasteiger partial charge in [-0.25, -0.2) is 8.78 Å². The zero-order valence-electron chi connectivity index (χ0n) is 9.98. The van der Waals surface area contributed by atoms with Crippen molar-refractivity contribution in [3.63, 3.8) is 0 Å². The number of hydrogen-bond acceptors (Lipinski definition) is 2. The van der Waals surface area contributed by atoms with E-state index in [2.05, 4.69) is 5.32 Å². The van der Waals surface area contributed by atoms with Crippen LogP contribution < -0.4 is 5.32 Å². The van der Waals surface area contributed by atoms with Gasteiger partial charge in [-0.05, 0) is 31.5 Å². The zero-order chi connectivity index (χ0) is 13.3. The molecule has 1 aromatic heterocycles. The molecule has 0 unspecified atom stereocenters. The first-order chi connectivity index (χ1) is 8.47. The highest BCUT2D eigenvalue weighted by atomic mass is 35.5. The predicted octanol–water partition coefficient (Wildman–Crippen LogP) is 4.91. The Morgan fingerprint density at radius 1 is 1.22 bits per heavy atom. The second kappa shape index (κ2) is 5.24. The van der Waals surface area contributed by atoms with E-state index in [9.17, 15) is 8.78 Å². The van der Waals surface area contributed by atoms with Crippen LogP contribution in [0.4, 0.5) is 14.5 Å². The average molecular weight is 288 g/mol. The number of halogens is 3. The summed E-state index contributed by atoms with van der Waals surface area (Å²) in [5.74, 6) is -1.35. The molecule has 0 spiro atoms. The standard InChI is InChI=1S/C13H12ClF2NS/c1-7-3-9(8(2)18-7)6-17-13-11(14)4-10(15)5-12(13)16/h3-5,17H,6H2,1-2H3. The minimum atomic E-state index is -0.676. The molecule has 0 fully saturated rings. The molecule has 1 nitrogen and oxygen atoms in total. The van der Waals surface area contributed by atoms with Crippen LogP contribution in [0.15, 0.2) is 18.2 Å². The molecular weight excluding hydrogens is 276 g/mol. The molecule has 0 aliphatic rings. The van der Waals surface area contributed by atoms with Crippen molar-refractivity contribution in [2.45, 2.75) is 20.4 Å². The number of aryl methyl sites for hydroxylation is 2. The summed E-state index contributed by atoms with van der Waals surface area (Å²) in [6, 6.07) is 3.96. The van der Waals surface area contributed by atoms with Crippen LogP contribution in [-0.2, 0) is 6.54 Å². The van der Waals surface area contributed by atoms with E-state index in [1.54, 1.807) is 11.3 Å². The van der Waals surface area contributed by atoms with Crippen LogP contribution in [0.25, 0.3) is 0 Å². The second-order valence-corrected chi connectivity index (χ2v) is 5.90. The van der Waals surface area contributed by atoms with Crippen LogP contribution in [-0.4, -0.2) is 0 Å². The summed E-state index contributed by atoms with van der Waals surface area (Å²) >= 11 is 7.49. The number of nitrogens with one attached hydrogen (secondary N) is 1. The molecule has 1 aromatic carbocycles. The Balaban J connectivity index is 2.18. The topological polar surface area (TPSA) is 12.0 Å². The lowest BCUT2D eigenvalue weighted by Gasteiger charge is -2.09. The van der Waals surface area contributed by atoms with Gasteiger partial charge < -0.3 is 5.32 Å². The van der Waals surface area contributed by atoms with Gasteiger partial charge in [0, 0.05) is 22.4 Å². The fraction of sp³-hybridized carbons (Fsp3) is 0.231. The Bertz CT molecular complexity index is 557. The number of rotatable bonds is 3. The Kier molecular flexibility index (Phi) is 3.88. The summed E-state index contributed by atoms with van der Waals surface area (Å²) in [4.78, 5) is 2.38. The number of thiophene rings is 1. The Labute approximate surface area is 113 Å². The molecule has 18 heavy (non-hydrogen) atoms. The molecule has 1 N–H and O–H groups in total. The van der Waals surface area contributed by atoms with Gasteiger partial charge in [0.25, 0.3) is 0 Å². The van der Waals surface area contributed by atoms with Crippen molar-refractivity contribution in [3.05, 3.63) is 50.2 Å². The monoisotopic (exact) mass is 287 g/mol. The first kappa shape index (κ1) is 13.3. The third-order valence-electron chi connectivity index (χ3n) is 2.61. The lowest BCUT2D eigenvalue weighted by molar-refractivity contribution is 0.585. The van der Waals surface area contributed by atoms with Gasteiger partial charge in [-0.15, -0.1) is 11.3 Å². The van der Waals surface area contributed by atoms with Gasteiger partial charge in [-0.1, -0.05) is 11.6 Å². The van der Waals surface area contributed by atoms with E-state index in [0.717, 1.165) is 17.7 Å². The maximum absolute atomic E-state index is 13.5. The molecule has 0 atom stereocenters. The van der Waals surface area contributed by atoms with Crippen molar-refractivity contribution in [3.8, 4) is 0 Å². The third kappa shape index (κ3) is 2.82. The first-order valence-corrected chi connectivity index (χ1v) is 6.61. The Morgan fingerprint density at radius 3 is 2.50 bits per heavy atom. The third-order valence-corrected chi connectivity index (χ3v) is 3.91. The van der Waals surface area contributed by atoms with Crippen LogP contribution >= 0.6 is 22.9 Å². The maximum atomic E-state index is 13.5. The zero-order valence-corrected chi connectivity index (χ0v) is 11.6. The molecule has 2 rings (SSSR count). The molecule has 1 heterocycles. The van der Waals surface area contributed by atoms with E-state index in [0.29, 0.717) is 6.54 Å². The highest BCUT2D eigenvalue weighted by molar-refractivity contribution is 7.12. The molecule has 0 amide bonds. The van der Waals surface area contributed by atoms with Gasteiger partial charge in [-0.2, -0.15) is 0 Å². The molecule has 2 aromatic rings. The van der Waals surface area contributed by atoms with Gasteiger partial charge >= 0.3 is 0 Å². The fourth-order valence-electron chi connectivity index (χ4n) is 1.75. The molecule has 0 aliphatic carbocycles. The molecule has 0 bridgehead atoms. The number of anilines is 1. The normalized spacial score (nSPS) is 10.7. The second-order valence-electron chi connectivity index (χ2n) is 4.04.